The van der Waals surface area contributed by atoms with Gasteiger partial charge in [-0.3, -0.25) is 19.8 Å². The second kappa shape index (κ2) is 6.97. The fraction of sp³-hybridized carbons (Fsp3) is 0.250. The smallest absolute Gasteiger partial charge is 0.265 e. The highest BCUT2D eigenvalue weighted by molar-refractivity contribution is 7.80. The second-order valence-electron chi connectivity index (χ2n) is 5.29. The highest BCUT2D eigenvalue weighted by atomic mass is 32.1. The first-order valence-electron chi connectivity index (χ1n) is 7.07. The van der Waals surface area contributed by atoms with E-state index in [1.54, 1.807) is 12.1 Å². The number of pyridine rings is 1. The Bertz CT molecular complexity index is 778. The number of aromatic nitrogens is 1. The minimum absolute atomic E-state index is 0.00746. The molecule has 1 saturated heterocycles. The summed E-state index contributed by atoms with van der Waals surface area (Å²) in [4.78, 5) is 25.9. The molecule has 0 spiro atoms. The summed E-state index contributed by atoms with van der Waals surface area (Å²) in [6, 6.07) is 3.79. The molecule has 7 heteroatoms. The quantitative estimate of drug-likeness (QED) is 0.394. The molecule has 1 aromatic rings. The van der Waals surface area contributed by atoms with Crippen LogP contribution in [0.5, 0.6) is 0 Å². The maximum atomic E-state index is 12.5. The Morgan fingerprint density at radius 1 is 1.35 bits per heavy atom. The molecule has 0 atom stereocenters. The number of hydrogen-bond acceptors (Lipinski definition) is 4. The number of carbonyl (C=O) groups excluding carboxylic acids is 2. The number of rotatable bonds is 4. The molecule has 0 bridgehead atoms. The van der Waals surface area contributed by atoms with E-state index in [0.29, 0.717) is 10.2 Å². The second-order valence-corrected chi connectivity index (χ2v) is 6.06. The van der Waals surface area contributed by atoms with Gasteiger partial charge in [0.1, 0.15) is 10.2 Å². The van der Waals surface area contributed by atoms with Gasteiger partial charge in [-0.2, -0.15) is 0 Å². The molecule has 120 valence electrons. The van der Waals surface area contributed by atoms with E-state index in [4.69, 9.17) is 24.4 Å². The molecule has 1 fully saturated rings. The summed E-state index contributed by atoms with van der Waals surface area (Å²) in [5.74, 6) is -0.970. The van der Waals surface area contributed by atoms with Gasteiger partial charge in [-0.05, 0) is 38.2 Å². The van der Waals surface area contributed by atoms with Crippen molar-refractivity contribution in [1.29, 1.82) is 0 Å². The van der Waals surface area contributed by atoms with Crippen molar-refractivity contribution in [3.8, 4) is 0 Å². The Kier molecular flexibility index (Phi) is 5.23. The topological polar surface area (TPSA) is 54.3 Å². The van der Waals surface area contributed by atoms with Gasteiger partial charge in [0.15, 0.2) is 5.11 Å². The van der Waals surface area contributed by atoms with E-state index in [1.807, 2.05) is 30.7 Å². The predicted molar refractivity (Wildman–Crippen MR) is 96.3 cm³/mol. The van der Waals surface area contributed by atoms with Crippen LogP contribution in [0.25, 0.3) is 6.08 Å². The van der Waals surface area contributed by atoms with E-state index < -0.39 is 11.8 Å². The van der Waals surface area contributed by atoms with Crippen molar-refractivity contribution in [3.63, 3.8) is 0 Å². The van der Waals surface area contributed by atoms with Crippen molar-refractivity contribution in [1.82, 2.24) is 14.8 Å². The van der Waals surface area contributed by atoms with Crippen molar-refractivity contribution in [2.75, 3.05) is 6.54 Å². The van der Waals surface area contributed by atoms with Crippen molar-refractivity contribution >= 4 is 47.4 Å². The monoisotopic (exact) mass is 347 g/mol. The van der Waals surface area contributed by atoms with Crippen molar-refractivity contribution in [2.45, 2.75) is 19.9 Å². The first kappa shape index (κ1) is 17.2. The van der Waals surface area contributed by atoms with E-state index >= 15 is 0 Å². The molecule has 1 aliphatic rings. The van der Waals surface area contributed by atoms with Crippen molar-refractivity contribution in [3.05, 3.63) is 46.8 Å². The lowest BCUT2D eigenvalue weighted by molar-refractivity contribution is -0.128. The molecule has 0 radical (unpaired) electrons. The summed E-state index contributed by atoms with van der Waals surface area (Å²) in [6.45, 7) is 7.84. The summed E-state index contributed by atoms with van der Waals surface area (Å²) in [5, 5.41) is 2.60. The number of amides is 2. The van der Waals surface area contributed by atoms with Gasteiger partial charge in [0.05, 0.1) is 0 Å². The largest absolute Gasteiger partial charge is 0.336 e. The van der Waals surface area contributed by atoms with Gasteiger partial charge in [0.25, 0.3) is 11.8 Å². The summed E-state index contributed by atoms with van der Waals surface area (Å²) in [7, 11) is 0. The minimum Gasteiger partial charge on any atom is -0.336 e. The summed E-state index contributed by atoms with van der Waals surface area (Å²) >= 11 is 10.5. The third kappa shape index (κ3) is 3.46. The molecular weight excluding hydrogens is 330 g/mol. The van der Waals surface area contributed by atoms with Crippen LogP contribution in [0, 0.1) is 4.64 Å². The molecule has 2 rings (SSSR count). The number of carbonyl (C=O) groups is 2. The molecule has 0 unspecified atom stereocenters. The first-order valence-corrected chi connectivity index (χ1v) is 7.89. The van der Waals surface area contributed by atoms with Gasteiger partial charge in [0.2, 0.25) is 0 Å². The molecule has 1 N–H and O–H groups in total. The third-order valence-electron chi connectivity index (χ3n) is 3.36. The van der Waals surface area contributed by atoms with Gasteiger partial charge < -0.3 is 4.57 Å². The van der Waals surface area contributed by atoms with E-state index in [0.717, 1.165) is 0 Å². The van der Waals surface area contributed by atoms with Gasteiger partial charge in [0, 0.05) is 24.3 Å². The van der Waals surface area contributed by atoms with Crippen LogP contribution >= 0.6 is 24.4 Å². The molecule has 1 aliphatic heterocycles. The van der Waals surface area contributed by atoms with E-state index in [9.17, 15) is 9.59 Å². The molecule has 2 amide bonds. The van der Waals surface area contributed by atoms with E-state index in [1.165, 1.54) is 11.0 Å². The lowest BCUT2D eigenvalue weighted by Crippen LogP contribution is -2.53. The maximum Gasteiger partial charge on any atom is 0.265 e. The SMILES string of the molecule is C=CCN1C(=O)/C(=C/c2cccn(C(C)C)c2=S)C(=O)NC1=S. The summed E-state index contributed by atoms with van der Waals surface area (Å²) in [6.07, 6.45) is 4.93. The lowest BCUT2D eigenvalue weighted by atomic mass is 10.1. The molecule has 0 saturated carbocycles. The van der Waals surface area contributed by atoms with Crippen LogP contribution < -0.4 is 5.32 Å². The number of nitrogens with one attached hydrogen (secondary N) is 1. The molecule has 0 aromatic carbocycles. The number of nitrogens with zero attached hydrogens (tertiary/aromatic N) is 2. The fourth-order valence-electron chi connectivity index (χ4n) is 2.19. The third-order valence-corrected chi connectivity index (χ3v) is 4.13. The standard InChI is InChI=1S/C16H17N3O2S2/c1-4-7-19-14(21)12(13(20)17-16(19)23)9-11-6-5-8-18(10(2)3)15(11)22/h4-6,8-10H,1,7H2,2-3H3,(H,17,20,23)/b12-9+. The molecule has 1 aromatic heterocycles. The average Bonchev–Trinajstić information content (AvgIpc) is 2.49. The van der Waals surface area contributed by atoms with Gasteiger partial charge in [-0.1, -0.05) is 24.4 Å². The Balaban J connectivity index is 2.49. The van der Waals surface area contributed by atoms with Crippen molar-refractivity contribution in [2.24, 2.45) is 0 Å². The Labute approximate surface area is 145 Å². The molecule has 2 heterocycles. The van der Waals surface area contributed by atoms with Crippen LogP contribution in [0.1, 0.15) is 25.5 Å². The zero-order chi connectivity index (χ0) is 17.1. The zero-order valence-corrected chi connectivity index (χ0v) is 14.5. The average molecular weight is 347 g/mol. The van der Waals surface area contributed by atoms with Gasteiger partial charge in [-0.25, -0.2) is 0 Å². The molecule has 23 heavy (non-hydrogen) atoms. The van der Waals surface area contributed by atoms with Crippen LogP contribution in [0.3, 0.4) is 0 Å². The van der Waals surface area contributed by atoms with Gasteiger partial charge >= 0.3 is 0 Å². The minimum atomic E-state index is -0.519. The van der Waals surface area contributed by atoms with Crippen LogP contribution in [0.4, 0.5) is 0 Å². The predicted octanol–water partition coefficient (Wildman–Crippen LogP) is 2.61. The maximum absolute atomic E-state index is 12.5. The van der Waals surface area contributed by atoms with Crippen LogP contribution in [0.2, 0.25) is 0 Å². The molecule has 0 aliphatic carbocycles. The van der Waals surface area contributed by atoms with E-state index in [-0.39, 0.29) is 23.3 Å². The van der Waals surface area contributed by atoms with Crippen molar-refractivity contribution < 1.29 is 9.59 Å². The van der Waals surface area contributed by atoms with Crippen LogP contribution in [0.15, 0.2) is 36.6 Å². The highest BCUT2D eigenvalue weighted by Gasteiger charge is 2.32. The fourth-order valence-corrected chi connectivity index (χ4v) is 2.84. The Morgan fingerprint density at radius 2 is 2.04 bits per heavy atom. The van der Waals surface area contributed by atoms with Crippen LogP contribution in [-0.2, 0) is 9.59 Å². The van der Waals surface area contributed by atoms with E-state index in [2.05, 4.69) is 11.9 Å². The van der Waals surface area contributed by atoms with Gasteiger partial charge in [-0.15, -0.1) is 6.58 Å². The number of hydrogen-bond donors (Lipinski definition) is 1. The zero-order valence-electron chi connectivity index (χ0n) is 12.9. The summed E-state index contributed by atoms with van der Waals surface area (Å²) in [5.41, 5.74) is 0.647. The first-order chi connectivity index (χ1) is 10.9. The Hall–Kier alpha value is -2.12. The Morgan fingerprint density at radius 3 is 2.65 bits per heavy atom. The van der Waals surface area contributed by atoms with Crippen LogP contribution in [-0.4, -0.2) is 32.9 Å². The lowest BCUT2D eigenvalue weighted by Gasteiger charge is -2.27. The normalized spacial score (nSPS) is 16.9. The molecule has 5 nitrogen and oxygen atoms in total. The molecular formula is C16H17N3O2S2. The number of thiocarbonyl (C=S) groups is 1. The highest BCUT2D eigenvalue weighted by Crippen LogP contribution is 2.17. The summed E-state index contributed by atoms with van der Waals surface area (Å²) < 4.78 is 2.47.